The molecule has 1 saturated carbocycles. The van der Waals surface area contributed by atoms with Crippen LogP contribution in [-0.2, 0) is 10.5 Å². The number of nitrogens with one attached hydrogen (secondary N) is 1. The first kappa shape index (κ1) is 17.9. The number of thioether (sulfide) groups is 1. The SMILES string of the molecule is COc1ccc(-c2nc(CSCC(=O)NC3CCCCC3)co2)cc1. The lowest BCUT2D eigenvalue weighted by atomic mass is 9.95. The number of carbonyl (C=O) groups is 1. The standard InChI is InChI=1S/C19H24N2O3S/c1-23-17-9-7-14(8-10-17)19-21-16(11-24-19)12-25-13-18(22)20-15-5-3-2-4-6-15/h7-11,15H,2-6,12-13H2,1H3,(H,20,22). The van der Waals surface area contributed by atoms with Crippen LogP contribution in [0, 0.1) is 0 Å². The summed E-state index contributed by atoms with van der Waals surface area (Å²) in [6.45, 7) is 0. The lowest BCUT2D eigenvalue weighted by Gasteiger charge is -2.22. The Hall–Kier alpha value is -1.95. The van der Waals surface area contributed by atoms with Gasteiger partial charge in [-0.2, -0.15) is 0 Å². The van der Waals surface area contributed by atoms with Gasteiger partial charge >= 0.3 is 0 Å². The Morgan fingerprint density at radius 2 is 2.04 bits per heavy atom. The van der Waals surface area contributed by atoms with Crippen molar-refractivity contribution in [2.75, 3.05) is 12.9 Å². The van der Waals surface area contributed by atoms with Gasteiger partial charge in [0.1, 0.15) is 12.0 Å². The summed E-state index contributed by atoms with van der Waals surface area (Å²) in [6.07, 6.45) is 7.64. The summed E-state index contributed by atoms with van der Waals surface area (Å²) in [4.78, 5) is 16.5. The Bertz CT molecular complexity index is 678. The van der Waals surface area contributed by atoms with Crippen molar-refractivity contribution in [2.24, 2.45) is 0 Å². The van der Waals surface area contributed by atoms with Crippen molar-refractivity contribution in [3.63, 3.8) is 0 Å². The molecule has 0 unspecified atom stereocenters. The van der Waals surface area contributed by atoms with Gasteiger partial charge in [-0.15, -0.1) is 11.8 Å². The number of ether oxygens (including phenoxy) is 1. The molecule has 1 aromatic carbocycles. The Morgan fingerprint density at radius 3 is 2.76 bits per heavy atom. The molecule has 134 valence electrons. The Morgan fingerprint density at radius 1 is 1.28 bits per heavy atom. The van der Waals surface area contributed by atoms with Crippen LogP contribution in [0.5, 0.6) is 5.75 Å². The van der Waals surface area contributed by atoms with Crippen LogP contribution in [0.2, 0.25) is 0 Å². The number of nitrogens with zero attached hydrogens (tertiary/aromatic N) is 1. The molecule has 1 aliphatic rings. The molecular formula is C19H24N2O3S. The van der Waals surface area contributed by atoms with Crippen LogP contribution in [0.3, 0.4) is 0 Å². The van der Waals surface area contributed by atoms with Gasteiger partial charge in [-0.1, -0.05) is 19.3 Å². The zero-order chi connectivity index (χ0) is 17.5. The predicted octanol–water partition coefficient (Wildman–Crippen LogP) is 4.03. The fourth-order valence-corrected chi connectivity index (χ4v) is 3.72. The second-order valence-electron chi connectivity index (χ2n) is 6.27. The van der Waals surface area contributed by atoms with E-state index in [0.717, 1.165) is 29.8 Å². The average Bonchev–Trinajstić information content (AvgIpc) is 3.11. The highest BCUT2D eigenvalue weighted by Gasteiger charge is 2.15. The molecule has 1 fully saturated rings. The van der Waals surface area contributed by atoms with E-state index in [-0.39, 0.29) is 5.91 Å². The van der Waals surface area contributed by atoms with Crippen molar-refractivity contribution in [3.05, 3.63) is 36.2 Å². The number of methoxy groups -OCH3 is 1. The number of hydrogen-bond acceptors (Lipinski definition) is 5. The van der Waals surface area contributed by atoms with Gasteiger partial charge in [0.2, 0.25) is 11.8 Å². The fraction of sp³-hybridized carbons (Fsp3) is 0.474. The van der Waals surface area contributed by atoms with E-state index in [1.54, 1.807) is 25.1 Å². The number of oxazole rings is 1. The zero-order valence-electron chi connectivity index (χ0n) is 14.5. The Kier molecular flexibility index (Phi) is 6.39. The Balaban J connectivity index is 1.44. The minimum Gasteiger partial charge on any atom is -0.497 e. The van der Waals surface area contributed by atoms with E-state index in [2.05, 4.69) is 10.3 Å². The van der Waals surface area contributed by atoms with Gasteiger partial charge in [0, 0.05) is 17.4 Å². The van der Waals surface area contributed by atoms with Gasteiger partial charge in [-0.05, 0) is 37.1 Å². The van der Waals surface area contributed by atoms with Crippen LogP contribution in [0.15, 0.2) is 34.9 Å². The number of hydrogen-bond donors (Lipinski definition) is 1. The summed E-state index contributed by atoms with van der Waals surface area (Å²) in [5.74, 6) is 2.63. The van der Waals surface area contributed by atoms with Gasteiger partial charge in [0.05, 0.1) is 18.6 Å². The van der Waals surface area contributed by atoms with Crippen LogP contribution in [0.1, 0.15) is 37.8 Å². The quantitative estimate of drug-likeness (QED) is 0.807. The monoisotopic (exact) mass is 360 g/mol. The second kappa shape index (κ2) is 8.94. The van der Waals surface area contributed by atoms with Gasteiger partial charge < -0.3 is 14.5 Å². The molecule has 0 spiro atoms. The van der Waals surface area contributed by atoms with Crippen LogP contribution in [0.25, 0.3) is 11.5 Å². The van der Waals surface area contributed by atoms with Crippen molar-refractivity contribution >= 4 is 17.7 Å². The first-order valence-electron chi connectivity index (χ1n) is 8.70. The topological polar surface area (TPSA) is 64.4 Å². The van der Waals surface area contributed by atoms with E-state index in [1.807, 2.05) is 24.3 Å². The Labute approximate surface area is 152 Å². The smallest absolute Gasteiger partial charge is 0.230 e. The third-order valence-electron chi connectivity index (χ3n) is 4.34. The molecule has 3 rings (SSSR count). The van der Waals surface area contributed by atoms with Crippen LogP contribution >= 0.6 is 11.8 Å². The maximum Gasteiger partial charge on any atom is 0.230 e. The maximum absolute atomic E-state index is 12.0. The normalized spacial score (nSPS) is 15.1. The van der Waals surface area contributed by atoms with Gasteiger partial charge in [-0.25, -0.2) is 4.98 Å². The van der Waals surface area contributed by atoms with Crippen molar-refractivity contribution in [3.8, 4) is 17.2 Å². The summed E-state index contributed by atoms with van der Waals surface area (Å²) >= 11 is 1.56. The molecule has 2 aromatic rings. The third kappa shape index (κ3) is 5.26. The highest BCUT2D eigenvalue weighted by atomic mass is 32.2. The fourth-order valence-electron chi connectivity index (χ4n) is 3.00. The molecule has 0 aliphatic heterocycles. The van der Waals surface area contributed by atoms with E-state index in [1.165, 1.54) is 19.3 Å². The van der Waals surface area contributed by atoms with E-state index in [0.29, 0.717) is 23.4 Å². The molecule has 0 bridgehead atoms. The summed E-state index contributed by atoms with van der Waals surface area (Å²) in [7, 11) is 1.64. The molecule has 0 atom stereocenters. The molecule has 1 N–H and O–H groups in total. The van der Waals surface area contributed by atoms with Crippen LogP contribution in [0.4, 0.5) is 0 Å². The number of carbonyl (C=O) groups excluding carboxylic acids is 1. The van der Waals surface area contributed by atoms with Crippen molar-refractivity contribution in [2.45, 2.75) is 43.9 Å². The minimum absolute atomic E-state index is 0.121. The first-order chi connectivity index (χ1) is 12.2. The molecule has 1 amide bonds. The molecule has 1 aliphatic carbocycles. The summed E-state index contributed by atoms with van der Waals surface area (Å²) in [5, 5.41) is 3.13. The summed E-state index contributed by atoms with van der Waals surface area (Å²) in [6, 6.07) is 7.96. The minimum atomic E-state index is 0.121. The molecular weight excluding hydrogens is 336 g/mol. The second-order valence-corrected chi connectivity index (χ2v) is 7.25. The number of benzene rings is 1. The first-order valence-corrected chi connectivity index (χ1v) is 9.86. The molecule has 1 aromatic heterocycles. The summed E-state index contributed by atoms with van der Waals surface area (Å²) in [5.41, 5.74) is 1.76. The highest BCUT2D eigenvalue weighted by Crippen LogP contribution is 2.23. The van der Waals surface area contributed by atoms with E-state index >= 15 is 0 Å². The largest absolute Gasteiger partial charge is 0.497 e. The predicted molar refractivity (Wildman–Crippen MR) is 99.7 cm³/mol. The molecule has 0 saturated heterocycles. The molecule has 0 radical (unpaired) electrons. The third-order valence-corrected chi connectivity index (χ3v) is 5.31. The van der Waals surface area contributed by atoms with Gasteiger partial charge in [0.15, 0.2) is 0 Å². The lowest BCUT2D eigenvalue weighted by Crippen LogP contribution is -2.37. The summed E-state index contributed by atoms with van der Waals surface area (Å²) < 4.78 is 10.7. The van der Waals surface area contributed by atoms with E-state index in [9.17, 15) is 4.79 Å². The highest BCUT2D eigenvalue weighted by molar-refractivity contribution is 7.99. The number of amides is 1. The molecule has 25 heavy (non-hydrogen) atoms. The lowest BCUT2D eigenvalue weighted by molar-refractivity contribution is -0.119. The molecule has 1 heterocycles. The zero-order valence-corrected chi connectivity index (χ0v) is 15.3. The van der Waals surface area contributed by atoms with Crippen molar-refractivity contribution < 1.29 is 13.9 Å². The molecule has 6 heteroatoms. The van der Waals surface area contributed by atoms with Crippen molar-refractivity contribution in [1.82, 2.24) is 10.3 Å². The van der Waals surface area contributed by atoms with Gasteiger partial charge in [0.25, 0.3) is 0 Å². The number of rotatable bonds is 7. The van der Waals surface area contributed by atoms with Gasteiger partial charge in [-0.3, -0.25) is 4.79 Å². The van der Waals surface area contributed by atoms with Crippen LogP contribution in [-0.4, -0.2) is 29.8 Å². The van der Waals surface area contributed by atoms with Crippen LogP contribution < -0.4 is 10.1 Å². The van der Waals surface area contributed by atoms with Crippen molar-refractivity contribution in [1.29, 1.82) is 0 Å². The number of aromatic nitrogens is 1. The maximum atomic E-state index is 12.0. The average molecular weight is 360 g/mol. The molecule has 5 nitrogen and oxygen atoms in total. The van der Waals surface area contributed by atoms with E-state index < -0.39 is 0 Å². The van der Waals surface area contributed by atoms with E-state index in [4.69, 9.17) is 9.15 Å².